The zero-order valence-electron chi connectivity index (χ0n) is 12.0. The van der Waals surface area contributed by atoms with E-state index in [4.69, 9.17) is 0 Å². The second kappa shape index (κ2) is 4.87. The number of amides is 1. The van der Waals surface area contributed by atoms with E-state index in [0.29, 0.717) is 12.1 Å². The Morgan fingerprint density at radius 3 is 2.42 bits per heavy atom. The van der Waals surface area contributed by atoms with Crippen LogP contribution in [-0.4, -0.2) is 25.9 Å². The average molecular weight is 261 g/mol. The Kier molecular flexibility index (Phi) is 3.42. The van der Waals surface area contributed by atoms with E-state index >= 15 is 0 Å². The van der Waals surface area contributed by atoms with Gasteiger partial charge in [-0.15, -0.1) is 0 Å². The third kappa shape index (κ3) is 2.38. The monoisotopic (exact) mass is 261 g/mol. The van der Waals surface area contributed by atoms with Gasteiger partial charge in [-0.25, -0.2) is 0 Å². The fourth-order valence-electron chi connectivity index (χ4n) is 2.22. The van der Waals surface area contributed by atoms with Crippen LogP contribution >= 0.6 is 0 Å². The molecule has 0 saturated heterocycles. The Morgan fingerprint density at radius 2 is 1.95 bits per heavy atom. The molecule has 0 unspecified atom stereocenters. The van der Waals surface area contributed by atoms with Crippen LogP contribution in [0.1, 0.15) is 38.7 Å². The zero-order chi connectivity index (χ0) is 14.2. The number of aryl methyl sites for hydroxylation is 4. The molecule has 2 rings (SSSR count). The molecule has 0 atom stereocenters. The van der Waals surface area contributed by atoms with Crippen LogP contribution in [0.2, 0.25) is 0 Å². The van der Waals surface area contributed by atoms with Crippen molar-refractivity contribution in [2.75, 3.05) is 0 Å². The first-order chi connectivity index (χ1) is 8.91. The topological polar surface area (TPSA) is 75.6 Å². The summed E-state index contributed by atoms with van der Waals surface area (Å²) in [5.41, 5.74) is 5.21. The molecule has 0 aliphatic carbocycles. The van der Waals surface area contributed by atoms with Crippen LogP contribution < -0.4 is 5.32 Å². The largest absolute Gasteiger partial charge is 0.348 e. The van der Waals surface area contributed by atoms with E-state index in [0.717, 1.165) is 28.3 Å². The molecule has 6 nitrogen and oxygen atoms in total. The van der Waals surface area contributed by atoms with Gasteiger partial charge in [-0.05, 0) is 27.7 Å². The lowest BCUT2D eigenvalue weighted by Crippen LogP contribution is -2.24. The minimum Gasteiger partial charge on any atom is -0.348 e. The molecule has 2 aromatic heterocycles. The third-order valence-corrected chi connectivity index (χ3v) is 3.44. The van der Waals surface area contributed by atoms with E-state index in [1.54, 1.807) is 0 Å². The summed E-state index contributed by atoms with van der Waals surface area (Å²) in [7, 11) is 1.90. The maximum atomic E-state index is 12.2. The second-order valence-corrected chi connectivity index (χ2v) is 4.76. The minimum atomic E-state index is -0.105. The number of aromatic nitrogens is 4. The smallest absolute Gasteiger partial charge is 0.255 e. The third-order valence-electron chi connectivity index (χ3n) is 3.44. The van der Waals surface area contributed by atoms with Crippen LogP contribution in [-0.2, 0) is 13.6 Å². The second-order valence-electron chi connectivity index (χ2n) is 4.76. The highest BCUT2D eigenvalue weighted by Crippen LogP contribution is 2.13. The highest BCUT2D eigenvalue weighted by molar-refractivity contribution is 5.96. The number of carbonyl (C=O) groups excluding carboxylic acids is 1. The molecule has 0 fully saturated rings. The number of nitrogens with one attached hydrogen (secondary N) is 2. The van der Waals surface area contributed by atoms with Crippen molar-refractivity contribution in [3.05, 3.63) is 33.9 Å². The fourth-order valence-corrected chi connectivity index (χ4v) is 2.22. The average Bonchev–Trinajstić information content (AvgIpc) is 2.79. The van der Waals surface area contributed by atoms with E-state index in [1.807, 2.05) is 39.4 Å². The van der Waals surface area contributed by atoms with Gasteiger partial charge >= 0.3 is 0 Å². The summed E-state index contributed by atoms with van der Waals surface area (Å²) < 4.78 is 1.82. The molecule has 2 aromatic rings. The lowest BCUT2D eigenvalue weighted by Gasteiger charge is -2.06. The molecule has 0 radical (unpaired) electrons. The number of H-pyrrole nitrogens is 1. The molecule has 0 aliphatic rings. The Balaban J connectivity index is 2.13. The Hall–Kier alpha value is -2.11. The van der Waals surface area contributed by atoms with Gasteiger partial charge in [0.1, 0.15) is 0 Å². The number of hydrogen-bond acceptors (Lipinski definition) is 3. The molecule has 102 valence electrons. The van der Waals surface area contributed by atoms with E-state index in [1.165, 1.54) is 0 Å². The Morgan fingerprint density at radius 1 is 1.26 bits per heavy atom. The predicted molar refractivity (Wildman–Crippen MR) is 71.9 cm³/mol. The number of hydrogen-bond donors (Lipinski definition) is 2. The van der Waals surface area contributed by atoms with E-state index < -0.39 is 0 Å². The zero-order valence-corrected chi connectivity index (χ0v) is 12.0. The van der Waals surface area contributed by atoms with Gasteiger partial charge < -0.3 is 5.32 Å². The summed E-state index contributed by atoms with van der Waals surface area (Å²) in [6, 6.07) is 0. The van der Waals surface area contributed by atoms with Crippen LogP contribution in [0.3, 0.4) is 0 Å². The van der Waals surface area contributed by atoms with Gasteiger partial charge in [-0.3, -0.25) is 14.6 Å². The van der Waals surface area contributed by atoms with Crippen molar-refractivity contribution in [2.24, 2.45) is 7.05 Å². The maximum Gasteiger partial charge on any atom is 0.255 e. The van der Waals surface area contributed by atoms with Crippen molar-refractivity contribution in [3.63, 3.8) is 0 Å². The summed E-state index contributed by atoms with van der Waals surface area (Å²) in [4.78, 5) is 12.2. The molecule has 6 heteroatoms. The van der Waals surface area contributed by atoms with Gasteiger partial charge in [-0.1, -0.05) is 0 Å². The van der Waals surface area contributed by atoms with Crippen molar-refractivity contribution in [1.82, 2.24) is 25.3 Å². The Bertz CT molecular complexity index is 604. The normalized spacial score (nSPS) is 10.8. The first-order valence-electron chi connectivity index (χ1n) is 6.20. The van der Waals surface area contributed by atoms with E-state index in [-0.39, 0.29) is 5.91 Å². The van der Waals surface area contributed by atoms with Gasteiger partial charge in [0, 0.05) is 30.5 Å². The quantitative estimate of drug-likeness (QED) is 0.874. The van der Waals surface area contributed by atoms with Crippen molar-refractivity contribution >= 4 is 5.91 Å². The van der Waals surface area contributed by atoms with Crippen LogP contribution in [0.5, 0.6) is 0 Å². The van der Waals surface area contributed by atoms with Gasteiger partial charge in [0.05, 0.1) is 17.0 Å². The summed E-state index contributed by atoms with van der Waals surface area (Å²) in [6.07, 6.45) is 0. The molecule has 0 bridgehead atoms. The van der Waals surface area contributed by atoms with Crippen LogP contribution in [0.25, 0.3) is 0 Å². The van der Waals surface area contributed by atoms with Crippen molar-refractivity contribution in [1.29, 1.82) is 0 Å². The molecule has 0 saturated carbocycles. The number of aromatic amines is 1. The fraction of sp³-hybridized carbons (Fsp3) is 0.462. The molecule has 0 aromatic carbocycles. The van der Waals surface area contributed by atoms with Gasteiger partial charge in [-0.2, -0.15) is 10.2 Å². The lowest BCUT2D eigenvalue weighted by atomic mass is 10.1. The molecular formula is C13H19N5O. The predicted octanol–water partition coefficient (Wildman–Crippen LogP) is 1.31. The van der Waals surface area contributed by atoms with Crippen LogP contribution in [0.4, 0.5) is 0 Å². The van der Waals surface area contributed by atoms with Gasteiger partial charge in [0.25, 0.3) is 5.91 Å². The molecule has 2 heterocycles. The molecule has 19 heavy (non-hydrogen) atoms. The van der Waals surface area contributed by atoms with Crippen molar-refractivity contribution in [3.8, 4) is 0 Å². The van der Waals surface area contributed by atoms with Crippen LogP contribution in [0.15, 0.2) is 0 Å². The maximum absolute atomic E-state index is 12.2. The number of nitrogens with zero attached hydrogens (tertiary/aromatic N) is 3. The first kappa shape index (κ1) is 13.3. The standard InChI is InChI=1S/C13H19N5O/c1-7-11(10(4)18(5)17-7)6-14-13(19)12-8(2)15-16-9(12)3/h6H2,1-5H3,(H,14,19)(H,15,16). The molecular weight excluding hydrogens is 242 g/mol. The number of carbonyl (C=O) groups is 1. The molecule has 1 amide bonds. The summed E-state index contributed by atoms with van der Waals surface area (Å²) >= 11 is 0. The Labute approximate surface area is 112 Å². The number of rotatable bonds is 3. The van der Waals surface area contributed by atoms with Gasteiger partial charge in [0.2, 0.25) is 0 Å². The minimum absolute atomic E-state index is 0.105. The molecule has 0 spiro atoms. The highest BCUT2D eigenvalue weighted by Gasteiger charge is 2.16. The highest BCUT2D eigenvalue weighted by atomic mass is 16.1. The summed E-state index contributed by atoms with van der Waals surface area (Å²) in [6.45, 7) is 8.08. The SMILES string of the molecule is Cc1nn(C)c(C)c1CNC(=O)c1c(C)n[nH]c1C. The summed E-state index contributed by atoms with van der Waals surface area (Å²) in [5.74, 6) is -0.105. The molecule has 0 aliphatic heterocycles. The molecule has 2 N–H and O–H groups in total. The van der Waals surface area contributed by atoms with Crippen LogP contribution in [0, 0.1) is 27.7 Å². The lowest BCUT2D eigenvalue weighted by molar-refractivity contribution is 0.0949. The van der Waals surface area contributed by atoms with Crippen molar-refractivity contribution in [2.45, 2.75) is 34.2 Å². The first-order valence-corrected chi connectivity index (χ1v) is 6.20. The van der Waals surface area contributed by atoms with E-state index in [9.17, 15) is 4.79 Å². The van der Waals surface area contributed by atoms with E-state index in [2.05, 4.69) is 20.6 Å². The van der Waals surface area contributed by atoms with Crippen molar-refractivity contribution < 1.29 is 4.79 Å². The van der Waals surface area contributed by atoms with Gasteiger partial charge in [0.15, 0.2) is 0 Å². The summed E-state index contributed by atoms with van der Waals surface area (Å²) in [5, 5.41) is 14.1.